The summed E-state index contributed by atoms with van der Waals surface area (Å²) in [6, 6.07) is 5.57. The van der Waals surface area contributed by atoms with Crippen molar-refractivity contribution in [3.8, 4) is 0 Å². The van der Waals surface area contributed by atoms with E-state index in [1.165, 1.54) is 0 Å². The topological polar surface area (TPSA) is 49.8 Å². The second-order valence-corrected chi connectivity index (χ2v) is 8.41. The maximum atomic E-state index is 12.4. The summed E-state index contributed by atoms with van der Waals surface area (Å²) in [6.45, 7) is 12.4. The number of hydrogen-bond acceptors (Lipinski definition) is 3. The van der Waals surface area contributed by atoms with Crippen LogP contribution in [-0.2, 0) is 10.3 Å². The molecule has 1 fully saturated rings. The highest BCUT2D eigenvalue weighted by Gasteiger charge is 2.48. The van der Waals surface area contributed by atoms with Crippen LogP contribution in [0.4, 0.5) is 4.79 Å². The van der Waals surface area contributed by atoms with Gasteiger partial charge in [-0.3, -0.25) is 0 Å². The van der Waals surface area contributed by atoms with Gasteiger partial charge in [0.15, 0.2) is 0 Å². The smallest absolute Gasteiger partial charge is 0.410 e. The molecule has 2 rings (SSSR count). The Morgan fingerprint density at radius 3 is 2.29 bits per heavy atom. The maximum Gasteiger partial charge on any atom is 0.410 e. The number of aliphatic hydroxyl groups is 1. The second kappa shape index (κ2) is 6.57. The molecule has 1 aliphatic rings. The van der Waals surface area contributed by atoms with Gasteiger partial charge in [-0.05, 0) is 51.0 Å². The molecule has 4 nitrogen and oxygen atoms in total. The summed E-state index contributed by atoms with van der Waals surface area (Å²) in [6.07, 6.45) is -0.323. The Kier molecular flexibility index (Phi) is 5.22. The van der Waals surface area contributed by atoms with Gasteiger partial charge in [0.2, 0.25) is 0 Å². The number of benzene rings is 1. The first-order valence-corrected chi connectivity index (χ1v) is 8.80. The molecule has 1 unspecified atom stereocenters. The Morgan fingerprint density at radius 1 is 1.29 bits per heavy atom. The van der Waals surface area contributed by atoms with E-state index in [-0.39, 0.29) is 17.9 Å². The summed E-state index contributed by atoms with van der Waals surface area (Å²) in [5.74, 6) is -0.234. The molecule has 3 atom stereocenters. The van der Waals surface area contributed by atoms with E-state index in [0.717, 1.165) is 11.1 Å². The van der Waals surface area contributed by atoms with Crippen LogP contribution in [0.5, 0.6) is 0 Å². The number of amides is 1. The Morgan fingerprint density at radius 2 is 1.83 bits per heavy atom. The molecule has 1 N–H and O–H groups in total. The fourth-order valence-corrected chi connectivity index (χ4v) is 3.81. The molecule has 5 heteroatoms. The van der Waals surface area contributed by atoms with Crippen molar-refractivity contribution < 1.29 is 14.6 Å². The third-order valence-corrected chi connectivity index (χ3v) is 5.00. The molecule has 1 amide bonds. The van der Waals surface area contributed by atoms with Crippen molar-refractivity contribution in [2.24, 2.45) is 11.8 Å². The van der Waals surface area contributed by atoms with Gasteiger partial charge in [0.1, 0.15) is 5.60 Å². The zero-order valence-corrected chi connectivity index (χ0v) is 16.1. The van der Waals surface area contributed by atoms with Crippen molar-refractivity contribution in [1.29, 1.82) is 0 Å². The van der Waals surface area contributed by atoms with E-state index in [4.69, 9.17) is 16.3 Å². The van der Waals surface area contributed by atoms with Crippen LogP contribution in [0.15, 0.2) is 18.2 Å². The van der Waals surface area contributed by atoms with Crippen molar-refractivity contribution in [2.45, 2.75) is 52.7 Å². The van der Waals surface area contributed by atoms with E-state index in [1.807, 2.05) is 59.7 Å². The lowest BCUT2D eigenvalue weighted by molar-refractivity contribution is -0.111. The molecule has 1 saturated heterocycles. The minimum absolute atomic E-state index is 0.117. The summed E-state index contributed by atoms with van der Waals surface area (Å²) in [7, 11) is 0. The largest absolute Gasteiger partial charge is 0.444 e. The molecular weight excluding hydrogens is 326 g/mol. The Hall–Kier alpha value is -1.26. The van der Waals surface area contributed by atoms with Crippen LogP contribution in [0.2, 0.25) is 5.02 Å². The van der Waals surface area contributed by atoms with E-state index in [1.54, 1.807) is 4.90 Å². The van der Waals surface area contributed by atoms with Crippen LogP contribution >= 0.6 is 11.6 Å². The average molecular weight is 354 g/mol. The number of nitrogens with zero attached hydrogens (tertiary/aromatic N) is 1. The first-order valence-electron chi connectivity index (χ1n) is 8.42. The Bertz CT molecular complexity index is 612. The van der Waals surface area contributed by atoms with Crippen molar-refractivity contribution in [1.82, 2.24) is 4.90 Å². The number of rotatable bonds is 1. The van der Waals surface area contributed by atoms with Gasteiger partial charge in [-0.1, -0.05) is 31.5 Å². The number of halogens is 1. The van der Waals surface area contributed by atoms with E-state index >= 15 is 0 Å². The fourth-order valence-electron chi connectivity index (χ4n) is 3.58. The third-order valence-electron chi connectivity index (χ3n) is 4.76. The highest BCUT2D eigenvalue weighted by atomic mass is 35.5. The van der Waals surface area contributed by atoms with Gasteiger partial charge in [-0.15, -0.1) is 0 Å². The lowest BCUT2D eigenvalue weighted by atomic mass is 9.69. The molecule has 1 aliphatic heterocycles. The predicted octanol–water partition coefficient (Wildman–Crippen LogP) is 4.36. The van der Waals surface area contributed by atoms with Gasteiger partial charge in [-0.25, -0.2) is 4.79 Å². The third kappa shape index (κ3) is 3.70. The number of carbonyl (C=O) groups excluding carboxylic acids is 1. The number of piperidine rings is 1. The van der Waals surface area contributed by atoms with Crippen LogP contribution in [-0.4, -0.2) is 34.8 Å². The number of likely N-dealkylation sites (tertiary alicyclic amines) is 1. The first kappa shape index (κ1) is 19.1. The lowest BCUT2D eigenvalue weighted by Gasteiger charge is -2.48. The number of carbonyl (C=O) groups is 1. The van der Waals surface area contributed by atoms with Crippen LogP contribution < -0.4 is 0 Å². The molecule has 0 aromatic heterocycles. The van der Waals surface area contributed by atoms with E-state index in [2.05, 4.69) is 0 Å². The minimum atomic E-state index is -0.993. The zero-order chi connectivity index (χ0) is 18.3. The van der Waals surface area contributed by atoms with Crippen LogP contribution in [0.3, 0.4) is 0 Å². The number of ether oxygens (including phenoxy) is 1. The quantitative estimate of drug-likeness (QED) is 0.816. The van der Waals surface area contributed by atoms with E-state index in [9.17, 15) is 9.90 Å². The summed E-state index contributed by atoms with van der Waals surface area (Å²) in [4.78, 5) is 14.1. The van der Waals surface area contributed by atoms with Gasteiger partial charge in [0.25, 0.3) is 0 Å². The van der Waals surface area contributed by atoms with Crippen molar-refractivity contribution in [3.63, 3.8) is 0 Å². The van der Waals surface area contributed by atoms with Gasteiger partial charge < -0.3 is 14.7 Å². The first-order chi connectivity index (χ1) is 10.9. The van der Waals surface area contributed by atoms with Crippen LogP contribution in [0, 0.1) is 18.8 Å². The number of aryl methyl sites for hydroxylation is 1. The molecule has 134 valence electrons. The summed E-state index contributed by atoms with van der Waals surface area (Å²) in [5.41, 5.74) is 0.335. The fraction of sp³-hybridized carbons (Fsp3) is 0.632. The molecule has 24 heavy (non-hydrogen) atoms. The molecule has 1 aromatic carbocycles. The molecule has 0 spiro atoms. The van der Waals surface area contributed by atoms with Crippen molar-refractivity contribution >= 4 is 17.7 Å². The minimum Gasteiger partial charge on any atom is -0.444 e. The summed E-state index contributed by atoms with van der Waals surface area (Å²) < 4.78 is 5.48. The molecule has 0 saturated carbocycles. The zero-order valence-electron chi connectivity index (χ0n) is 15.4. The molecule has 1 aromatic rings. The van der Waals surface area contributed by atoms with Crippen LogP contribution in [0.25, 0.3) is 0 Å². The molecular formula is C19H28ClNO3. The number of hydrogen-bond donors (Lipinski definition) is 1. The highest BCUT2D eigenvalue weighted by Crippen LogP contribution is 2.43. The molecule has 0 radical (unpaired) electrons. The van der Waals surface area contributed by atoms with Gasteiger partial charge in [0, 0.05) is 29.9 Å². The molecule has 0 bridgehead atoms. The standard InChI is InChI=1S/C19H28ClNO3/c1-12-9-15(20)7-8-16(12)19(23)13(2)10-21(11-14(19)3)17(22)24-18(4,5)6/h7-9,13-14,23H,10-11H2,1-6H3/t13-,14+,19?. The van der Waals surface area contributed by atoms with E-state index < -0.39 is 11.2 Å². The van der Waals surface area contributed by atoms with Gasteiger partial charge >= 0.3 is 6.09 Å². The van der Waals surface area contributed by atoms with Crippen molar-refractivity contribution in [2.75, 3.05) is 13.1 Å². The highest BCUT2D eigenvalue weighted by molar-refractivity contribution is 6.30. The van der Waals surface area contributed by atoms with Gasteiger partial charge in [0.05, 0.1) is 5.60 Å². The predicted molar refractivity (Wildman–Crippen MR) is 96.2 cm³/mol. The lowest BCUT2D eigenvalue weighted by Crippen LogP contribution is -2.56. The van der Waals surface area contributed by atoms with Gasteiger partial charge in [-0.2, -0.15) is 0 Å². The molecule has 1 heterocycles. The second-order valence-electron chi connectivity index (χ2n) is 7.97. The maximum absolute atomic E-state index is 12.4. The SMILES string of the molecule is Cc1cc(Cl)ccc1C1(O)[C@H](C)CN(C(=O)OC(C)(C)C)C[C@@H]1C. The monoisotopic (exact) mass is 353 g/mol. The van der Waals surface area contributed by atoms with Crippen molar-refractivity contribution in [3.05, 3.63) is 34.3 Å². The average Bonchev–Trinajstić information content (AvgIpc) is 2.42. The summed E-state index contributed by atoms with van der Waals surface area (Å²) >= 11 is 6.05. The summed E-state index contributed by atoms with van der Waals surface area (Å²) in [5, 5.41) is 12.1. The Labute approximate surface area is 149 Å². The molecule has 0 aliphatic carbocycles. The van der Waals surface area contributed by atoms with Crippen LogP contribution in [0.1, 0.15) is 45.7 Å². The Balaban J connectivity index is 2.26. The van der Waals surface area contributed by atoms with E-state index in [0.29, 0.717) is 18.1 Å². The normalized spacial score (nSPS) is 27.9.